The summed E-state index contributed by atoms with van der Waals surface area (Å²) in [5.74, 6) is -0.166. The van der Waals surface area contributed by atoms with Gasteiger partial charge in [-0.2, -0.15) is 0 Å². The number of imide groups is 2. The van der Waals surface area contributed by atoms with Gasteiger partial charge in [-0.05, 0) is 62.7 Å². The Morgan fingerprint density at radius 1 is 0.698 bits per heavy atom. The van der Waals surface area contributed by atoms with Crippen molar-refractivity contribution < 1.29 is 23.9 Å². The van der Waals surface area contributed by atoms with Crippen molar-refractivity contribution >= 4 is 23.9 Å². The van der Waals surface area contributed by atoms with Gasteiger partial charge < -0.3 is 9.64 Å². The SMILES string of the molecule is C=CN1CC(=O)N(CCCCC(C)(C)C)C1=O.CCCCCOCCCCC(C)(C)CCCCN1C(=O)CN(CC)C1=O. The molecule has 43 heavy (non-hydrogen) atoms. The molecule has 0 saturated carbocycles. The maximum absolute atomic E-state index is 12.0. The second-order valence-electron chi connectivity index (χ2n) is 13.9. The van der Waals surface area contributed by atoms with Crippen LogP contribution in [0.4, 0.5) is 9.59 Å². The topological polar surface area (TPSA) is 90.5 Å². The van der Waals surface area contributed by atoms with E-state index in [0.29, 0.717) is 30.5 Å². The summed E-state index contributed by atoms with van der Waals surface area (Å²) in [6.45, 7) is 22.7. The molecule has 9 heteroatoms. The molecule has 0 aromatic rings. The van der Waals surface area contributed by atoms with Crippen molar-refractivity contribution in [2.75, 3.05) is 45.9 Å². The molecule has 0 atom stereocenters. The number of ether oxygens (including phenoxy) is 1. The van der Waals surface area contributed by atoms with Gasteiger partial charge in [0.15, 0.2) is 0 Å². The molecule has 0 radical (unpaired) electrons. The van der Waals surface area contributed by atoms with Crippen LogP contribution in [0.3, 0.4) is 0 Å². The molecule has 0 bridgehead atoms. The first-order valence-corrected chi connectivity index (χ1v) is 16.7. The summed E-state index contributed by atoms with van der Waals surface area (Å²) in [6.07, 6.45) is 14.8. The molecule has 9 nitrogen and oxygen atoms in total. The van der Waals surface area contributed by atoms with Crippen molar-refractivity contribution in [3.05, 3.63) is 12.8 Å². The van der Waals surface area contributed by atoms with E-state index < -0.39 is 0 Å². The molecule has 0 spiro atoms. The van der Waals surface area contributed by atoms with Gasteiger partial charge in [0, 0.05) is 39.0 Å². The van der Waals surface area contributed by atoms with E-state index in [1.807, 2.05) is 6.92 Å². The Labute approximate surface area is 262 Å². The molecule has 6 amide bonds. The summed E-state index contributed by atoms with van der Waals surface area (Å²) >= 11 is 0. The van der Waals surface area contributed by atoms with E-state index in [1.54, 1.807) is 4.90 Å². The third-order valence-electron chi connectivity index (χ3n) is 8.14. The van der Waals surface area contributed by atoms with E-state index in [4.69, 9.17) is 4.74 Å². The van der Waals surface area contributed by atoms with Gasteiger partial charge in [0.1, 0.15) is 13.1 Å². The summed E-state index contributed by atoms with van der Waals surface area (Å²) in [4.78, 5) is 52.9. The first kappa shape index (κ1) is 38.6. The minimum Gasteiger partial charge on any atom is -0.381 e. The summed E-state index contributed by atoms with van der Waals surface area (Å²) < 4.78 is 5.67. The van der Waals surface area contributed by atoms with Crippen LogP contribution in [0.1, 0.15) is 126 Å². The molecule has 0 N–H and O–H groups in total. The number of unbranched alkanes of at least 4 members (excludes halogenated alkanes) is 5. The Kier molecular flexibility index (Phi) is 17.8. The highest BCUT2D eigenvalue weighted by molar-refractivity contribution is 6.02. The highest BCUT2D eigenvalue weighted by Crippen LogP contribution is 2.30. The Bertz CT molecular complexity index is 883. The maximum atomic E-state index is 12.0. The van der Waals surface area contributed by atoms with E-state index in [-0.39, 0.29) is 37.0 Å². The Morgan fingerprint density at radius 2 is 1.21 bits per heavy atom. The first-order valence-electron chi connectivity index (χ1n) is 16.7. The lowest BCUT2D eigenvalue weighted by Gasteiger charge is -2.25. The lowest BCUT2D eigenvalue weighted by Crippen LogP contribution is -2.33. The van der Waals surface area contributed by atoms with Crippen molar-refractivity contribution in [1.29, 1.82) is 0 Å². The van der Waals surface area contributed by atoms with Crippen LogP contribution in [-0.2, 0) is 14.3 Å². The Morgan fingerprint density at radius 3 is 1.70 bits per heavy atom. The molecule has 0 unspecified atom stereocenters. The second kappa shape index (κ2) is 19.8. The van der Waals surface area contributed by atoms with E-state index in [9.17, 15) is 19.2 Å². The first-order chi connectivity index (χ1) is 20.3. The standard InChI is InChI=1S/C21H40N2O3.C13H22N2O2/c1-5-7-11-16-26-17-12-9-14-21(3,4)13-8-10-15-23-19(24)18-22(6-2)20(23)25;1-5-14-10-11(16)15(12(14)17)9-7-6-8-13(2,3)4/h5-18H2,1-4H3;5H,1,6-10H2,2-4H3. The zero-order valence-electron chi connectivity index (χ0n) is 28.5. The van der Waals surface area contributed by atoms with Crippen LogP contribution in [0.2, 0.25) is 0 Å². The van der Waals surface area contributed by atoms with Gasteiger partial charge in [0.2, 0.25) is 5.91 Å². The molecule has 2 fully saturated rings. The number of likely N-dealkylation sites (N-methyl/N-ethyl adjacent to an activating group) is 1. The highest BCUT2D eigenvalue weighted by Gasteiger charge is 2.35. The summed E-state index contributed by atoms with van der Waals surface area (Å²) in [5.41, 5.74) is 0.628. The van der Waals surface area contributed by atoms with Crippen molar-refractivity contribution in [3.8, 4) is 0 Å². The van der Waals surface area contributed by atoms with Crippen LogP contribution in [-0.4, -0.2) is 89.4 Å². The number of amides is 6. The minimum absolute atomic E-state index is 0.0463. The zero-order chi connectivity index (χ0) is 32.5. The maximum Gasteiger partial charge on any atom is 0.331 e. The number of urea groups is 2. The van der Waals surface area contributed by atoms with Crippen LogP contribution < -0.4 is 0 Å². The van der Waals surface area contributed by atoms with Gasteiger partial charge in [0.25, 0.3) is 5.91 Å². The van der Waals surface area contributed by atoms with Gasteiger partial charge >= 0.3 is 12.1 Å². The highest BCUT2D eigenvalue weighted by atomic mass is 16.5. The van der Waals surface area contributed by atoms with Gasteiger partial charge in [-0.1, -0.05) is 80.2 Å². The molecule has 2 saturated heterocycles. The lowest BCUT2D eigenvalue weighted by atomic mass is 9.82. The van der Waals surface area contributed by atoms with E-state index in [0.717, 1.165) is 58.2 Å². The van der Waals surface area contributed by atoms with E-state index in [1.165, 1.54) is 53.0 Å². The van der Waals surface area contributed by atoms with Crippen LogP contribution in [0.5, 0.6) is 0 Å². The Balaban J connectivity index is 0.000000469. The van der Waals surface area contributed by atoms with Crippen molar-refractivity contribution in [2.24, 2.45) is 10.8 Å². The number of nitrogens with zero attached hydrogens (tertiary/aromatic N) is 4. The lowest BCUT2D eigenvalue weighted by molar-refractivity contribution is -0.126. The summed E-state index contributed by atoms with van der Waals surface area (Å²) in [7, 11) is 0. The fourth-order valence-corrected chi connectivity index (χ4v) is 5.27. The van der Waals surface area contributed by atoms with Gasteiger partial charge in [-0.3, -0.25) is 24.3 Å². The normalized spacial score (nSPS) is 16.0. The molecular weight excluding hydrogens is 544 g/mol. The molecule has 2 aliphatic rings. The second-order valence-corrected chi connectivity index (χ2v) is 13.9. The number of hydrogen-bond donors (Lipinski definition) is 0. The van der Waals surface area contributed by atoms with Crippen LogP contribution in [0.25, 0.3) is 0 Å². The minimum atomic E-state index is -0.235. The summed E-state index contributed by atoms with van der Waals surface area (Å²) in [5, 5.41) is 0. The third kappa shape index (κ3) is 15.2. The average Bonchev–Trinajstić information content (AvgIpc) is 3.38. The molecule has 248 valence electrons. The number of rotatable bonds is 20. The predicted molar refractivity (Wildman–Crippen MR) is 174 cm³/mol. The quantitative estimate of drug-likeness (QED) is 0.106. The van der Waals surface area contributed by atoms with Crippen LogP contribution in [0.15, 0.2) is 12.8 Å². The fraction of sp³-hybridized carbons (Fsp3) is 0.824. The molecule has 0 aliphatic carbocycles. The zero-order valence-corrected chi connectivity index (χ0v) is 28.5. The molecule has 2 heterocycles. The molecule has 0 aromatic carbocycles. The van der Waals surface area contributed by atoms with Crippen molar-refractivity contribution in [1.82, 2.24) is 19.6 Å². The predicted octanol–water partition coefficient (Wildman–Crippen LogP) is 7.45. The third-order valence-corrected chi connectivity index (χ3v) is 8.14. The molecule has 0 aromatic heterocycles. The number of hydrogen-bond acceptors (Lipinski definition) is 5. The van der Waals surface area contributed by atoms with Gasteiger partial charge in [-0.15, -0.1) is 0 Å². The number of carbonyl (C=O) groups is 4. The van der Waals surface area contributed by atoms with Crippen LogP contribution in [0, 0.1) is 10.8 Å². The monoisotopic (exact) mass is 606 g/mol. The number of carbonyl (C=O) groups excluding carboxylic acids is 4. The largest absolute Gasteiger partial charge is 0.381 e. The van der Waals surface area contributed by atoms with Crippen LogP contribution >= 0.6 is 0 Å². The fourth-order valence-electron chi connectivity index (χ4n) is 5.27. The smallest absolute Gasteiger partial charge is 0.331 e. The molecule has 2 rings (SSSR count). The molecule has 2 aliphatic heterocycles. The van der Waals surface area contributed by atoms with E-state index >= 15 is 0 Å². The average molecular weight is 607 g/mol. The molecular formula is C34H62N4O5. The van der Waals surface area contributed by atoms with Crippen molar-refractivity contribution in [3.63, 3.8) is 0 Å². The van der Waals surface area contributed by atoms with Crippen molar-refractivity contribution in [2.45, 2.75) is 126 Å². The summed E-state index contributed by atoms with van der Waals surface area (Å²) in [6, 6.07) is -0.351. The Hall–Kier alpha value is -2.42. The van der Waals surface area contributed by atoms with Gasteiger partial charge in [0.05, 0.1) is 0 Å². The van der Waals surface area contributed by atoms with E-state index in [2.05, 4.69) is 48.1 Å². The van der Waals surface area contributed by atoms with Gasteiger partial charge in [-0.25, -0.2) is 9.59 Å².